The van der Waals surface area contributed by atoms with Gasteiger partial charge in [0.1, 0.15) is 29.9 Å². The molecule has 5 aromatic rings. The fourth-order valence-corrected chi connectivity index (χ4v) is 4.63. The molecule has 0 saturated carbocycles. The van der Waals surface area contributed by atoms with E-state index in [0.717, 1.165) is 38.4 Å². The quantitative estimate of drug-likeness (QED) is 0.371. The van der Waals surface area contributed by atoms with Crippen LogP contribution in [0.5, 0.6) is 0 Å². The van der Waals surface area contributed by atoms with Gasteiger partial charge < -0.3 is 10.1 Å². The fourth-order valence-electron chi connectivity index (χ4n) is 3.66. The third kappa shape index (κ3) is 3.98. The minimum absolute atomic E-state index is 0.0387. The van der Waals surface area contributed by atoms with Crippen LogP contribution in [-0.2, 0) is 11.3 Å². The smallest absolute Gasteiger partial charge is 0.158 e. The van der Waals surface area contributed by atoms with Crippen LogP contribution in [0.1, 0.15) is 24.4 Å². The highest BCUT2D eigenvalue weighted by molar-refractivity contribution is 7.17. The van der Waals surface area contributed by atoms with Crippen LogP contribution in [0.2, 0.25) is 0 Å². The Morgan fingerprint density at radius 3 is 2.59 bits per heavy atom. The lowest BCUT2D eigenvalue weighted by molar-refractivity contribution is 0.178. The molecule has 7 nitrogen and oxygen atoms in total. The highest BCUT2D eigenvalue weighted by atomic mass is 32.1. The van der Waals surface area contributed by atoms with Crippen molar-refractivity contribution in [3.05, 3.63) is 84.0 Å². The number of rotatable bonds is 7. The van der Waals surface area contributed by atoms with E-state index in [-0.39, 0.29) is 6.04 Å². The first-order valence-electron chi connectivity index (χ1n) is 10.3. The number of hydrogen-bond acceptors (Lipinski definition) is 7. The van der Waals surface area contributed by atoms with Gasteiger partial charge in [0.05, 0.1) is 11.1 Å². The number of nitrogens with zero attached hydrogens (tertiary/aromatic N) is 5. The number of hydrogen-bond donors (Lipinski definition) is 1. The molecule has 0 radical (unpaired) electrons. The fraction of sp³-hybridized carbons (Fsp3) is 0.167. The summed E-state index contributed by atoms with van der Waals surface area (Å²) in [6.45, 7) is 2.49. The van der Waals surface area contributed by atoms with E-state index in [4.69, 9.17) is 14.7 Å². The van der Waals surface area contributed by atoms with Crippen molar-refractivity contribution in [1.29, 1.82) is 0 Å². The molecule has 32 heavy (non-hydrogen) atoms. The Hall–Kier alpha value is -3.62. The summed E-state index contributed by atoms with van der Waals surface area (Å²) in [6.07, 6.45) is 3.22. The van der Waals surface area contributed by atoms with Crippen molar-refractivity contribution < 1.29 is 4.74 Å². The van der Waals surface area contributed by atoms with Crippen LogP contribution in [0.4, 0.5) is 5.82 Å². The first-order valence-corrected chi connectivity index (χ1v) is 11.1. The van der Waals surface area contributed by atoms with Gasteiger partial charge in [-0.25, -0.2) is 19.6 Å². The summed E-state index contributed by atoms with van der Waals surface area (Å²) in [7, 11) is 1.66. The SMILES string of the molecule is COCc1nc(NC(C)c2ccc(-n3cncn3)cc2)c2c(-c3ccccc3)csc2n1. The maximum absolute atomic E-state index is 5.30. The van der Waals surface area contributed by atoms with E-state index in [0.29, 0.717) is 12.4 Å². The van der Waals surface area contributed by atoms with Gasteiger partial charge in [-0.05, 0) is 30.2 Å². The Kier molecular flexibility index (Phi) is 5.62. The van der Waals surface area contributed by atoms with Crippen LogP contribution in [0.15, 0.2) is 72.6 Å². The number of anilines is 1. The Labute approximate surface area is 189 Å². The van der Waals surface area contributed by atoms with E-state index in [1.54, 1.807) is 29.5 Å². The number of methoxy groups -OCH3 is 1. The highest BCUT2D eigenvalue weighted by Crippen LogP contribution is 2.38. The van der Waals surface area contributed by atoms with Gasteiger partial charge >= 0.3 is 0 Å². The number of ether oxygens (including phenoxy) is 1. The molecule has 0 fully saturated rings. The van der Waals surface area contributed by atoms with Gasteiger partial charge in [-0.1, -0.05) is 42.5 Å². The minimum Gasteiger partial charge on any atom is -0.377 e. The van der Waals surface area contributed by atoms with E-state index < -0.39 is 0 Å². The summed E-state index contributed by atoms with van der Waals surface area (Å²) < 4.78 is 7.04. The van der Waals surface area contributed by atoms with Crippen molar-refractivity contribution in [2.24, 2.45) is 0 Å². The van der Waals surface area contributed by atoms with Crippen LogP contribution >= 0.6 is 11.3 Å². The molecular weight excluding hydrogens is 420 g/mol. The minimum atomic E-state index is 0.0387. The Morgan fingerprint density at radius 2 is 1.88 bits per heavy atom. The molecular formula is C24H22N6OS. The average molecular weight is 443 g/mol. The maximum Gasteiger partial charge on any atom is 0.158 e. The summed E-state index contributed by atoms with van der Waals surface area (Å²) in [5.41, 5.74) is 4.39. The van der Waals surface area contributed by atoms with Gasteiger partial charge in [-0.2, -0.15) is 5.10 Å². The molecule has 3 aromatic heterocycles. The number of fused-ring (bicyclic) bond motifs is 1. The van der Waals surface area contributed by atoms with Crippen LogP contribution < -0.4 is 5.32 Å². The third-order valence-corrected chi connectivity index (χ3v) is 6.14. The number of thiophene rings is 1. The molecule has 1 N–H and O–H groups in total. The van der Waals surface area contributed by atoms with Gasteiger partial charge in [0.25, 0.3) is 0 Å². The first-order chi connectivity index (χ1) is 15.7. The van der Waals surface area contributed by atoms with Crippen molar-refractivity contribution in [2.75, 3.05) is 12.4 Å². The van der Waals surface area contributed by atoms with E-state index in [1.807, 2.05) is 30.3 Å². The normalized spacial score (nSPS) is 12.2. The third-order valence-electron chi connectivity index (χ3n) is 5.27. The predicted molar refractivity (Wildman–Crippen MR) is 127 cm³/mol. The molecule has 0 spiro atoms. The molecule has 0 aliphatic heterocycles. The van der Waals surface area contributed by atoms with Crippen molar-refractivity contribution in [1.82, 2.24) is 24.7 Å². The van der Waals surface area contributed by atoms with Crippen LogP contribution in [0.25, 0.3) is 27.0 Å². The van der Waals surface area contributed by atoms with Crippen LogP contribution in [-0.4, -0.2) is 31.8 Å². The summed E-state index contributed by atoms with van der Waals surface area (Å²) in [4.78, 5) is 14.5. The molecule has 0 aliphatic carbocycles. The molecule has 1 unspecified atom stereocenters. The zero-order valence-corrected chi connectivity index (χ0v) is 18.6. The Balaban J connectivity index is 1.51. The topological polar surface area (TPSA) is 77.8 Å². The lowest BCUT2D eigenvalue weighted by Gasteiger charge is -2.17. The van der Waals surface area contributed by atoms with E-state index in [1.165, 1.54) is 6.33 Å². The summed E-state index contributed by atoms with van der Waals surface area (Å²) in [6, 6.07) is 18.6. The molecule has 0 saturated heterocycles. The summed E-state index contributed by atoms with van der Waals surface area (Å²) >= 11 is 1.62. The maximum atomic E-state index is 5.30. The second kappa shape index (κ2) is 8.86. The number of benzene rings is 2. The Morgan fingerprint density at radius 1 is 1.06 bits per heavy atom. The van der Waals surface area contributed by atoms with Gasteiger partial charge in [0.2, 0.25) is 0 Å². The van der Waals surface area contributed by atoms with Crippen molar-refractivity contribution in [2.45, 2.75) is 19.6 Å². The van der Waals surface area contributed by atoms with E-state index >= 15 is 0 Å². The van der Waals surface area contributed by atoms with Gasteiger partial charge in [0, 0.05) is 24.1 Å². The largest absolute Gasteiger partial charge is 0.377 e. The first kappa shape index (κ1) is 20.3. The standard InChI is InChI=1S/C24H22N6OS/c1-16(17-8-10-19(11-9-17)30-15-25-14-26-30)27-23-22-20(18-6-4-3-5-7-18)13-32-24(22)29-21(28-23)12-31-2/h3-11,13-16H,12H2,1-2H3,(H,27,28,29). The Bertz CT molecular complexity index is 1320. The number of aromatic nitrogens is 5. The zero-order chi connectivity index (χ0) is 21.9. The van der Waals surface area contributed by atoms with Crippen LogP contribution in [0.3, 0.4) is 0 Å². The van der Waals surface area contributed by atoms with Crippen LogP contribution in [0, 0.1) is 0 Å². The monoisotopic (exact) mass is 442 g/mol. The lowest BCUT2D eigenvalue weighted by Crippen LogP contribution is -2.10. The molecule has 3 heterocycles. The molecule has 5 rings (SSSR count). The van der Waals surface area contributed by atoms with Crippen molar-refractivity contribution in [3.8, 4) is 16.8 Å². The summed E-state index contributed by atoms with van der Waals surface area (Å²) in [5, 5.41) is 11.0. The van der Waals surface area contributed by atoms with E-state index in [2.05, 4.69) is 52.0 Å². The molecule has 160 valence electrons. The predicted octanol–water partition coefficient (Wildman–Crippen LogP) is 5.26. The molecule has 0 amide bonds. The van der Waals surface area contributed by atoms with Gasteiger partial charge in [-0.15, -0.1) is 11.3 Å². The average Bonchev–Trinajstić information content (AvgIpc) is 3.51. The number of nitrogens with one attached hydrogen (secondary N) is 1. The summed E-state index contributed by atoms with van der Waals surface area (Å²) in [5.74, 6) is 1.48. The lowest BCUT2D eigenvalue weighted by atomic mass is 10.1. The highest BCUT2D eigenvalue weighted by Gasteiger charge is 2.17. The van der Waals surface area contributed by atoms with Gasteiger partial charge in [0.15, 0.2) is 5.82 Å². The zero-order valence-electron chi connectivity index (χ0n) is 17.8. The molecule has 0 aliphatic rings. The van der Waals surface area contributed by atoms with Crippen molar-refractivity contribution in [3.63, 3.8) is 0 Å². The van der Waals surface area contributed by atoms with Gasteiger partial charge in [-0.3, -0.25) is 0 Å². The molecule has 1 atom stereocenters. The molecule has 0 bridgehead atoms. The molecule has 8 heteroatoms. The second-order valence-electron chi connectivity index (χ2n) is 7.41. The van der Waals surface area contributed by atoms with E-state index in [9.17, 15) is 0 Å². The second-order valence-corrected chi connectivity index (χ2v) is 8.27. The molecule has 2 aromatic carbocycles. The van der Waals surface area contributed by atoms with Crippen molar-refractivity contribution >= 4 is 27.4 Å².